The van der Waals surface area contributed by atoms with Crippen molar-refractivity contribution in [2.24, 2.45) is 5.41 Å². The van der Waals surface area contributed by atoms with Crippen LogP contribution in [0.25, 0.3) is 0 Å². The molecule has 0 spiro atoms. The van der Waals surface area contributed by atoms with Crippen molar-refractivity contribution < 1.29 is 24.2 Å². The molecule has 0 radical (unpaired) electrons. The second kappa shape index (κ2) is 7.91. The van der Waals surface area contributed by atoms with Gasteiger partial charge in [-0.25, -0.2) is 0 Å². The predicted octanol–water partition coefficient (Wildman–Crippen LogP) is 3.04. The molecule has 1 amide bonds. The smallest absolute Gasteiger partial charge is 0.290 e. The summed E-state index contributed by atoms with van der Waals surface area (Å²) in [7, 11) is 1.54. The molecule has 0 aromatic heterocycles. The molecule has 1 atom stereocenters. The highest BCUT2D eigenvalue weighted by Gasteiger charge is 2.45. The largest absolute Gasteiger partial charge is 0.503 e. The second-order valence-electron chi connectivity index (χ2n) is 7.24. The Hall–Kier alpha value is -2.34. The molecule has 1 aromatic carbocycles. The number of ether oxygens (including phenoxy) is 2. The Kier molecular flexibility index (Phi) is 6.08. The van der Waals surface area contributed by atoms with E-state index in [0.29, 0.717) is 19.0 Å². The van der Waals surface area contributed by atoms with Crippen molar-refractivity contribution in [1.29, 1.82) is 0 Å². The molecule has 0 fully saturated rings. The lowest BCUT2D eigenvalue weighted by molar-refractivity contribution is -0.130. The number of nitrogens with zero attached hydrogens (tertiary/aromatic N) is 1. The summed E-state index contributed by atoms with van der Waals surface area (Å²) >= 11 is 0. The monoisotopic (exact) mass is 361 g/mol. The van der Waals surface area contributed by atoms with E-state index in [1.165, 1.54) is 4.90 Å². The molecule has 1 N–H and O–H groups in total. The Labute approximate surface area is 154 Å². The van der Waals surface area contributed by atoms with Gasteiger partial charge in [-0.1, -0.05) is 32.9 Å². The van der Waals surface area contributed by atoms with Crippen molar-refractivity contribution >= 4 is 11.7 Å². The van der Waals surface area contributed by atoms with E-state index in [1.54, 1.807) is 40.0 Å². The standard InChI is InChI=1S/C20H27NO5/c1-6-26-14-9-7-13(8-10-14)16-15(18(23)20(2,3)4)17(22)19(24)21(16)11-12-25-5/h7-10,16,22H,6,11-12H2,1-5H3. The number of methoxy groups -OCH3 is 1. The molecule has 142 valence electrons. The first-order chi connectivity index (χ1) is 12.2. The Morgan fingerprint density at radius 1 is 1.23 bits per heavy atom. The van der Waals surface area contributed by atoms with Crippen LogP contribution >= 0.6 is 0 Å². The predicted molar refractivity (Wildman–Crippen MR) is 98.1 cm³/mol. The van der Waals surface area contributed by atoms with Crippen LogP contribution in [-0.2, 0) is 14.3 Å². The van der Waals surface area contributed by atoms with Crippen molar-refractivity contribution in [2.75, 3.05) is 26.9 Å². The van der Waals surface area contributed by atoms with Gasteiger partial charge in [-0.15, -0.1) is 0 Å². The summed E-state index contributed by atoms with van der Waals surface area (Å²) < 4.78 is 10.5. The lowest BCUT2D eigenvalue weighted by atomic mass is 9.82. The van der Waals surface area contributed by atoms with E-state index < -0.39 is 23.1 Å². The summed E-state index contributed by atoms with van der Waals surface area (Å²) in [5.74, 6) is -0.559. The van der Waals surface area contributed by atoms with E-state index in [-0.39, 0.29) is 17.9 Å². The molecule has 1 aliphatic heterocycles. The van der Waals surface area contributed by atoms with Crippen molar-refractivity contribution in [3.8, 4) is 5.75 Å². The van der Waals surface area contributed by atoms with Crippen molar-refractivity contribution in [1.82, 2.24) is 4.90 Å². The molecule has 0 bridgehead atoms. The number of benzene rings is 1. The molecular weight excluding hydrogens is 334 g/mol. The molecule has 6 nitrogen and oxygen atoms in total. The number of carbonyl (C=O) groups excluding carboxylic acids is 2. The molecule has 0 saturated carbocycles. The van der Waals surface area contributed by atoms with Crippen LogP contribution in [0, 0.1) is 5.41 Å². The van der Waals surface area contributed by atoms with Gasteiger partial charge in [0.1, 0.15) is 5.75 Å². The van der Waals surface area contributed by atoms with Crippen molar-refractivity contribution in [3.05, 3.63) is 41.2 Å². The number of rotatable bonds is 7. The van der Waals surface area contributed by atoms with Crippen LogP contribution in [0.4, 0.5) is 0 Å². The Balaban J connectivity index is 2.49. The Morgan fingerprint density at radius 2 is 1.85 bits per heavy atom. The van der Waals surface area contributed by atoms with Crippen LogP contribution in [-0.4, -0.2) is 48.6 Å². The van der Waals surface area contributed by atoms with Crippen LogP contribution in [0.5, 0.6) is 5.75 Å². The number of carbonyl (C=O) groups is 2. The molecule has 0 saturated heterocycles. The number of Topliss-reactive ketones (excluding diaryl/α,β-unsaturated/α-hetero) is 1. The summed E-state index contributed by atoms with van der Waals surface area (Å²) in [5.41, 5.74) is 0.169. The van der Waals surface area contributed by atoms with Gasteiger partial charge in [0, 0.05) is 19.1 Å². The van der Waals surface area contributed by atoms with E-state index in [4.69, 9.17) is 9.47 Å². The highest BCUT2D eigenvalue weighted by molar-refractivity contribution is 6.10. The average molecular weight is 361 g/mol. The third-order valence-electron chi connectivity index (χ3n) is 4.27. The first-order valence-electron chi connectivity index (χ1n) is 8.73. The Bertz CT molecular complexity index is 700. The summed E-state index contributed by atoms with van der Waals surface area (Å²) in [6.07, 6.45) is 0. The molecule has 1 aliphatic rings. The van der Waals surface area contributed by atoms with Gasteiger partial charge in [0.05, 0.1) is 24.8 Å². The molecule has 6 heteroatoms. The zero-order valence-corrected chi connectivity index (χ0v) is 16.0. The average Bonchev–Trinajstić information content (AvgIpc) is 2.84. The number of hydrogen-bond donors (Lipinski definition) is 1. The number of ketones is 1. The van der Waals surface area contributed by atoms with Gasteiger partial charge in [0.15, 0.2) is 11.5 Å². The van der Waals surface area contributed by atoms with Crippen molar-refractivity contribution in [3.63, 3.8) is 0 Å². The fraction of sp³-hybridized carbons (Fsp3) is 0.500. The van der Waals surface area contributed by atoms with Crippen LogP contribution in [0.2, 0.25) is 0 Å². The first-order valence-corrected chi connectivity index (χ1v) is 8.73. The fourth-order valence-electron chi connectivity index (χ4n) is 2.97. The lowest BCUT2D eigenvalue weighted by Crippen LogP contribution is -2.35. The maximum Gasteiger partial charge on any atom is 0.290 e. The summed E-state index contributed by atoms with van der Waals surface area (Å²) in [4.78, 5) is 27.0. The minimum atomic E-state index is -0.718. The van der Waals surface area contributed by atoms with E-state index in [9.17, 15) is 14.7 Å². The van der Waals surface area contributed by atoms with Crippen LogP contribution in [0.15, 0.2) is 35.6 Å². The normalized spacial score (nSPS) is 17.8. The molecule has 1 aromatic rings. The minimum absolute atomic E-state index is 0.141. The van der Waals surface area contributed by atoms with Gasteiger partial charge in [-0.05, 0) is 24.6 Å². The number of amides is 1. The molecule has 1 heterocycles. The summed E-state index contributed by atoms with van der Waals surface area (Å²) in [5, 5.41) is 10.4. The Morgan fingerprint density at radius 3 is 2.35 bits per heavy atom. The van der Waals surface area contributed by atoms with Gasteiger partial charge >= 0.3 is 0 Å². The summed E-state index contributed by atoms with van der Waals surface area (Å²) in [6.45, 7) is 8.35. The zero-order chi connectivity index (χ0) is 19.5. The van der Waals surface area contributed by atoms with Gasteiger partial charge < -0.3 is 19.5 Å². The van der Waals surface area contributed by atoms with Crippen LogP contribution < -0.4 is 4.74 Å². The van der Waals surface area contributed by atoms with Gasteiger partial charge in [-0.3, -0.25) is 9.59 Å². The maximum atomic E-state index is 12.9. The quantitative estimate of drug-likeness (QED) is 0.808. The first kappa shape index (κ1) is 20.0. The molecule has 26 heavy (non-hydrogen) atoms. The maximum absolute atomic E-state index is 12.9. The molecule has 2 rings (SSSR count). The molecule has 0 aliphatic carbocycles. The van der Waals surface area contributed by atoms with E-state index in [1.807, 2.05) is 19.1 Å². The van der Waals surface area contributed by atoms with Gasteiger partial charge in [0.25, 0.3) is 5.91 Å². The number of hydrogen-bond acceptors (Lipinski definition) is 5. The zero-order valence-electron chi connectivity index (χ0n) is 16.0. The SMILES string of the molecule is CCOc1ccc(C2C(C(=O)C(C)(C)C)=C(O)C(=O)N2CCOC)cc1. The van der Waals surface area contributed by atoms with Gasteiger partial charge in [-0.2, -0.15) is 0 Å². The third-order valence-corrected chi connectivity index (χ3v) is 4.27. The molecular formula is C20H27NO5. The number of aliphatic hydroxyl groups excluding tert-OH is 1. The minimum Gasteiger partial charge on any atom is -0.503 e. The molecule has 1 unspecified atom stereocenters. The topological polar surface area (TPSA) is 76.1 Å². The fourth-order valence-corrected chi connectivity index (χ4v) is 2.97. The highest BCUT2D eigenvalue weighted by atomic mass is 16.5. The number of aliphatic hydroxyl groups is 1. The lowest BCUT2D eigenvalue weighted by Gasteiger charge is -2.28. The summed E-state index contributed by atoms with van der Waals surface area (Å²) in [6, 6.07) is 6.59. The highest BCUT2D eigenvalue weighted by Crippen LogP contribution is 2.41. The van der Waals surface area contributed by atoms with Crippen LogP contribution in [0.1, 0.15) is 39.3 Å². The van der Waals surface area contributed by atoms with E-state index in [0.717, 1.165) is 5.56 Å². The van der Waals surface area contributed by atoms with E-state index in [2.05, 4.69) is 0 Å². The third kappa shape index (κ3) is 3.90. The van der Waals surface area contributed by atoms with Crippen molar-refractivity contribution in [2.45, 2.75) is 33.7 Å². The van der Waals surface area contributed by atoms with Gasteiger partial charge in [0.2, 0.25) is 0 Å². The van der Waals surface area contributed by atoms with E-state index >= 15 is 0 Å². The second-order valence-corrected chi connectivity index (χ2v) is 7.24. The van der Waals surface area contributed by atoms with Crippen LogP contribution in [0.3, 0.4) is 0 Å².